The van der Waals surface area contributed by atoms with Crippen molar-refractivity contribution in [2.24, 2.45) is 0 Å². The molecule has 0 aromatic heterocycles. The smallest absolute Gasteiger partial charge is 0.418 e. The van der Waals surface area contributed by atoms with Crippen molar-refractivity contribution in [2.45, 2.75) is 11.1 Å². The molecule has 14 heteroatoms. The summed E-state index contributed by atoms with van der Waals surface area (Å²) in [7, 11) is -0.588. The zero-order chi connectivity index (χ0) is 28.3. The predicted octanol–water partition coefficient (Wildman–Crippen LogP) is 5.87. The molecule has 0 saturated heterocycles. The Labute approximate surface area is 226 Å². The van der Waals surface area contributed by atoms with Gasteiger partial charge in [-0.2, -0.15) is 13.2 Å². The highest BCUT2D eigenvalue weighted by Gasteiger charge is 2.35. The number of nitrogens with zero attached hydrogens (tertiary/aromatic N) is 1. The van der Waals surface area contributed by atoms with E-state index in [0.717, 1.165) is 12.1 Å². The summed E-state index contributed by atoms with van der Waals surface area (Å²) in [4.78, 5) is 12.7. The molecule has 1 N–H and O–H groups in total. The molecule has 3 aromatic rings. The van der Waals surface area contributed by atoms with Crippen LogP contribution >= 0.6 is 23.2 Å². The summed E-state index contributed by atoms with van der Waals surface area (Å²) in [6.45, 7) is -0.937. The van der Waals surface area contributed by atoms with Crippen molar-refractivity contribution in [2.75, 3.05) is 37.5 Å². The minimum absolute atomic E-state index is 0.0359. The van der Waals surface area contributed by atoms with E-state index >= 15 is 0 Å². The lowest BCUT2D eigenvalue weighted by Gasteiger charge is -2.26. The molecule has 0 atom stereocenters. The van der Waals surface area contributed by atoms with E-state index in [2.05, 4.69) is 5.32 Å². The van der Waals surface area contributed by atoms with Crippen LogP contribution in [0.1, 0.15) is 5.56 Å². The Hall–Kier alpha value is -3.35. The summed E-state index contributed by atoms with van der Waals surface area (Å²) in [6.07, 6.45) is -4.84. The van der Waals surface area contributed by atoms with Gasteiger partial charge in [-0.3, -0.25) is 9.10 Å². The molecule has 0 unspecified atom stereocenters. The Balaban J connectivity index is 2.10. The van der Waals surface area contributed by atoms with Gasteiger partial charge in [-0.1, -0.05) is 23.2 Å². The third-order valence-corrected chi connectivity index (χ3v) is 7.43. The largest absolute Gasteiger partial charge is 0.495 e. The topological polar surface area (TPSA) is 94.2 Å². The molecule has 0 aliphatic rings. The maximum atomic E-state index is 13.8. The lowest BCUT2D eigenvalue weighted by Crippen LogP contribution is -2.38. The van der Waals surface area contributed by atoms with Crippen LogP contribution in [0.4, 0.5) is 24.5 Å². The molecular weight excluding hydrogens is 572 g/mol. The van der Waals surface area contributed by atoms with Crippen LogP contribution in [0.5, 0.6) is 17.2 Å². The summed E-state index contributed by atoms with van der Waals surface area (Å²) in [6, 6.07) is 10.6. The second-order valence-electron chi connectivity index (χ2n) is 7.58. The zero-order valence-corrected chi connectivity index (χ0v) is 22.4. The van der Waals surface area contributed by atoms with Crippen molar-refractivity contribution in [1.82, 2.24) is 0 Å². The third kappa shape index (κ3) is 6.37. The number of methoxy groups -OCH3 is 3. The summed E-state index contributed by atoms with van der Waals surface area (Å²) >= 11 is 11.8. The Morgan fingerprint density at radius 2 is 1.45 bits per heavy atom. The SMILES string of the molecule is COc1ccc(S(=O)(=O)N(CC(=O)Nc2ccc(Cl)cc2C(F)(F)F)c2cc(Cl)ccc2OC)cc1OC. The number of anilines is 2. The van der Waals surface area contributed by atoms with E-state index in [9.17, 15) is 26.4 Å². The molecule has 38 heavy (non-hydrogen) atoms. The van der Waals surface area contributed by atoms with Crippen LogP contribution in [0.3, 0.4) is 0 Å². The summed E-state index contributed by atoms with van der Waals surface area (Å²) in [5, 5.41) is 2.04. The Kier molecular flexibility index (Phi) is 8.90. The van der Waals surface area contributed by atoms with Crippen molar-refractivity contribution in [1.29, 1.82) is 0 Å². The highest BCUT2D eigenvalue weighted by Crippen LogP contribution is 2.38. The normalized spacial score (nSPS) is 11.6. The number of hydrogen-bond acceptors (Lipinski definition) is 6. The quantitative estimate of drug-likeness (QED) is 0.334. The number of sulfonamides is 1. The van der Waals surface area contributed by atoms with Crippen LogP contribution < -0.4 is 23.8 Å². The number of alkyl halides is 3. The van der Waals surface area contributed by atoms with Gasteiger partial charge in [0.15, 0.2) is 11.5 Å². The number of amides is 1. The molecule has 0 aliphatic carbocycles. The molecule has 0 spiro atoms. The van der Waals surface area contributed by atoms with Gasteiger partial charge in [0.25, 0.3) is 10.0 Å². The van der Waals surface area contributed by atoms with Gasteiger partial charge in [0, 0.05) is 16.1 Å². The molecule has 0 aliphatic heterocycles. The van der Waals surface area contributed by atoms with Crippen molar-refractivity contribution >= 4 is 50.5 Å². The highest BCUT2D eigenvalue weighted by atomic mass is 35.5. The molecule has 0 saturated carbocycles. The fourth-order valence-corrected chi connectivity index (χ4v) is 5.22. The monoisotopic (exact) mass is 592 g/mol. The minimum Gasteiger partial charge on any atom is -0.495 e. The van der Waals surface area contributed by atoms with E-state index in [1.807, 2.05) is 0 Å². The number of halogens is 5. The fourth-order valence-electron chi connectivity index (χ4n) is 3.44. The fraction of sp³-hybridized carbons (Fsp3) is 0.208. The molecule has 204 valence electrons. The van der Waals surface area contributed by atoms with Gasteiger partial charge in [-0.15, -0.1) is 0 Å². The Morgan fingerprint density at radius 3 is 2.05 bits per heavy atom. The van der Waals surface area contributed by atoms with Crippen molar-refractivity contribution in [3.8, 4) is 17.2 Å². The van der Waals surface area contributed by atoms with Gasteiger partial charge in [-0.25, -0.2) is 8.42 Å². The van der Waals surface area contributed by atoms with E-state index in [1.54, 1.807) is 0 Å². The van der Waals surface area contributed by atoms with E-state index < -0.39 is 39.9 Å². The Morgan fingerprint density at radius 1 is 0.868 bits per heavy atom. The van der Waals surface area contributed by atoms with Gasteiger partial charge >= 0.3 is 6.18 Å². The molecule has 1 amide bonds. The number of nitrogens with one attached hydrogen (secondary N) is 1. The van der Waals surface area contributed by atoms with Gasteiger partial charge in [-0.05, 0) is 48.5 Å². The lowest BCUT2D eigenvalue weighted by atomic mass is 10.1. The highest BCUT2D eigenvalue weighted by molar-refractivity contribution is 7.92. The summed E-state index contributed by atoms with van der Waals surface area (Å²) < 4.78 is 84.4. The van der Waals surface area contributed by atoms with Crippen LogP contribution in [-0.4, -0.2) is 42.2 Å². The molecule has 0 fully saturated rings. The van der Waals surface area contributed by atoms with Crippen molar-refractivity contribution < 1.29 is 40.6 Å². The lowest BCUT2D eigenvalue weighted by molar-refractivity contribution is -0.137. The van der Waals surface area contributed by atoms with E-state index in [-0.39, 0.29) is 37.9 Å². The average Bonchev–Trinajstić information content (AvgIpc) is 2.87. The van der Waals surface area contributed by atoms with E-state index in [1.165, 1.54) is 57.7 Å². The summed E-state index contributed by atoms with van der Waals surface area (Å²) in [5.41, 5.74) is -1.93. The first-order valence-electron chi connectivity index (χ1n) is 10.6. The third-order valence-electron chi connectivity index (χ3n) is 5.20. The van der Waals surface area contributed by atoms with Crippen LogP contribution in [0.15, 0.2) is 59.5 Å². The molecule has 3 aromatic carbocycles. The van der Waals surface area contributed by atoms with Gasteiger partial charge in [0.05, 0.1) is 43.2 Å². The number of benzene rings is 3. The maximum Gasteiger partial charge on any atom is 0.418 e. The molecule has 0 heterocycles. The Bertz CT molecular complexity index is 1450. The standard InChI is InChI=1S/C24H21Cl2F3N2O6S/c1-35-20-8-5-15(26)11-19(20)31(38(33,34)16-6-9-21(36-2)22(12-16)37-3)13-23(32)30-18-7-4-14(25)10-17(18)24(27,28)29/h4-12H,13H2,1-3H3,(H,30,32). The molecule has 3 rings (SSSR count). The van der Waals surface area contributed by atoms with Gasteiger partial charge < -0.3 is 19.5 Å². The second-order valence-corrected chi connectivity index (χ2v) is 10.3. The first-order valence-corrected chi connectivity index (χ1v) is 12.8. The minimum atomic E-state index is -4.84. The second kappa shape index (κ2) is 11.6. The molecule has 0 bridgehead atoms. The first-order chi connectivity index (χ1) is 17.8. The number of ether oxygens (including phenoxy) is 3. The zero-order valence-electron chi connectivity index (χ0n) is 20.1. The van der Waals surface area contributed by atoms with Crippen LogP contribution in [0.25, 0.3) is 0 Å². The van der Waals surface area contributed by atoms with Crippen LogP contribution in [-0.2, 0) is 21.0 Å². The average molecular weight is 593 g/mol. The van der Waals surface area contributed by atoms with Crippen LogP contribution in [0, 0.1) is 0 Å². The van der Waals surface area contributed by atoms with E-state index in [0.29, 0.717) is 10.4 Å². The van der Waals surface area contributed by atoms with Gasteiger partial charge in [0.2, 0.25) is 5.91 Å². The first kappa shape index (κ1) is 29.2. The number of hydrogen-bond donors (Lipinski definition) is 1. The molecule has 8 nitrogen and oxygen atoms in total. The predicted molar refractivity (Wildman–Crippen MR) is 137 cm³/mol. The number of rotatable bonds is 9. The number of carbonyl (C=O) groups excluding carboxylic acids is 1. The molecule has 0 radical (unpaired) electrons. The van der Waals surface area contributed by atoms with Crippen molar-refractivity contribution in [3.05, 3.63) is 70.2 Å². The van der Waals surface area contributed by atoms with E-state index in [4.69, 9.17) is 37.4 Å². The van der Waals surface area contributed by atoms with Gasteiger partial charge in [0.1, 0.15) is 12.3 Å². The summed E-state index contributed by atoms with van der Waals surface area (Å²) in [5.74, 6) is -0.705. The van der Waals surface area contributed by atoms with Crippen molar-refractivity contribution in [3.63, 3.8) is 0 Å². The maximum absolute atomic E-state index is 13.8. The molecular formula is C24H21Cl2F3N2O6S. The number of carbonyl (C=O) groups is 1. The van der Waals surface area contributed by atoms with Crippen LogP contribution in [0.2, 0.25) is 10.0 Å².